The van der Waals surface area contributed by atoms with Crippen molar-refractivity contribution in [3.8, 4) is 0 Å². The van der Waals surface area contributed by atoms with Crippen molar-refractivity contribution in [1.82, 2.24) is 19.6 Å². The molecule has 0 atom stereocenters. The van der Waals surface area contributed by atoms with Gasteiger partial charge in [0.2, 0.25) is 0 Å². The fourth-order valence-corrected chi connectivity index (χ4v) is 3.80. The van der Waals surface area contributed by atoms with E-state index >= 15 is 0 Å². The van der Waals surface area contributed by atoms with Crippen molar-refractivity contribution in [1.29, 1.82) is 0 Å². The van der Waals surface area contributed by atoms with Crippen molar-refractivity contribution in [3.05, 3.63) is 53.3 Å². The highest BCUT2D eigenvalue weighted by molar-refractivity contribution is 5.92. The molecule has 1 aromatic heterocycles. The molecular formula is C22H32N4O. The van der Waals surface area contributed by atoms with Gasteiger partial charge in [0.15, 0.2) is 5.69 Å². The van der Waals surface area contributed by atoms with Crippen LogP contribution in [0.5, 0.6) is 0 Å². The molecule has 0 unspecified atom stereocenters. The summed E-state index contributed by atoms with van der Waals surface area (Å²) >= 11 is 0. The van der Waals surface area contributed by atoms with Gasteiger partial charge in [0, 0.05) is 38.4 Å². The minimum atomic E-state index is 0.0505. The number of rotatable bonds is 7. The lowest BCUT2D eigenvalue weighted by molar-refractivity contribution is 0.0542. The summed E-state index contributed by atoms with van der Waals surface area (Å²) in [6.07, 6.45) is 4.56. The SMILES string of the molecule is CCCCN1CCC(N(Cc2ccccc2)C(=O)c2cc(C)n(C)n2)CC1. The van der Waals surface area contributed by atoms with E-state index in [2.05, 4.69) is 29.1 Å². The normalized spacial score (nSPS) is 15.8. The predicted octanol–water partition coefficient (Wildman–Crippen LogP) is 3.64. The minimum Gasteiger partial charge on any atom is -0.330 e. The Hall–Kier alpha value is -2.14. The second kappa shape index (κ2) is 9.18. The van der Waals surface area contributed by atoms with E-state index in [1.165, 1.54) is 24.9 Å². The summed E-state index contributed by atoms with van der Waals surface area (Å²) in [4.78, 5) is 17.9. The zero-order valence-corrected chi connectivity index (χ0v) is 16.9. The molecule has 146 valence electrons. The van der Waals surface area contributed by atoms with E-state index in [4.69, 9.17) is 0 Å². The van der Waals surface area contributed by atoms with Crippen LogP contribution in [-0.4, -0.2) is 51.2 Å². The van der Waals surface area contributed by atoms with E-state index in [-0.39, 0.29) is 11.9 Å². The molecule has 0 bridgehead atoms. The number of amides is 1. The second-order valence-corrected chi connectivity index (χ2v) is 7.64. The molecule has 5 nitrogen and oxygen atoms in total. The van der Waals surface area contributed by atoms with E-state index < -0.39 is 0 Å². The highest BCUT2D eigenvalue weighted by Gasteiger charge is 2.29. The minimum absolute atomic E-state index is 0.0505. The average molecular weight is 369 g/mol. The van der Waals surface area contributed by atoms with E-state index in [0.29, 0.717) is 12.2 Å². The maximum atomic E-state index is 13.3. The van der Waals surface area contributed by atoms with Gasteiger partial charge < -0.3 is 9.80 Å². The average Bonchev–Trinajstić information content (AvgIpc) is 3.04. The maximum Gasteiger partial charge on any atom is 0.274 e. The van der Waals surface area contributed by atoms with Crippen LogP contribution in [0.15, 0.2) is 36.4 Å². The van der Waals surface area contributed by atoms with Crippen LogP contribution in [0.2, 0.25) is 0 Å². The fraction of sp³-hybridized carbons (Fsp3) is 0.545. The van der Waals surface area contributed by atoms with Gasteiger partial charge in [0.25, 0.3) is 5.91 Å². The molecule has 5 heteroatoms. The predicted molar refractivity (Wildman–Crippen MR) is 109 cm³/mol. The summed E-state index contributed by atoms with van der Waals surface area (Å²) in [6.45, 7) is 8.19. The molecule has 1 saturated heterocycles. The molecule has 0 aliphatic carbocycles. The Morgan fingerprint density at radius 2 is 1.93 bits per heavy atom. The first kappa shape index (κ1) is 19.6. The van der Waals surface area contributed by atoms with Gasteiger partial charge in [-0.05, 0) is 44.4 Å². The third kappa shape index (κ3) is 4.98. The number of likely N-dealkylation sites (tertiary alicyclic amines) is 1. The Kier molecular flexibility index (Phi) is 6.67. The first-order chi connectivity index (χ1) is 13.1. The molecule has 2 aromatic rings. The number of piperidine rings is 1. The lowest BCUT2D eigenvalue weighted by Crippen LogP contribution is -2.47. The van der Waals surface area contributed by atoms with E-state index in [0.717, 1.165) is 31.6 Å². The number of benzene rings is 1. The van der Waals surface area contributed by atoms with Gasteiger partial charge in [-0.15, -0.1) is 0 Å². The molecule has 27 heavy (non-hydrogen) atoms. The van der Waals surface area contributed by atoms with E-state index in [1.54, 1.807) is 4.68 Å². The summed E-state index contributed by atoms with van der Waals surface area (Å²) in [5, 5.41) is 4.44. The number of unbranched alkanes of at least 4 members (excludes halogenated alkanes) is 1. The third-order valence-electron chi connectivity index (χ3n) is 5.62. The topological polar surface area (TPSA) is 41.4 Å². The summed E-state index contributed by atoms with van der Waals surface area (Å²) in [6, 6.07) is 12.5. The molecule has 2 heterocycles. The molecule has 1 aromatic carbocycles. The van der Waals surface area contributed by atoms with Gasteiger partial charge in [-0.1, -0.05) is 43.7 Å². The Morgan fingerprint density at radius 3 is 2.52 bits per heavy atom. The highest BCUT2D eigenvalue weighted by atomic mass is 16.2. The zero-order valence-electron chi connectivity index (χ0n) is 16.9. The molecule has 1 fully saturated rings. The van der Waals surface area contributed by atoms with Crippen LogP contribution in [0.25, 0.3) is 0 Å². The number of aryl methyl sites for hydroxylation is 2. The van der Waals surface area contributed by atoms with Crippen molar-refractivity contribution in [2.75, 3.05) is 19.6 Å². The molecular weight excluding hydrogens is 336 g/mol. The Bertz CT molecular complexity index is 713. The Balaban J connectivity index is 1.75. The van der Waals surface area contributed by atoms with E-state index in [1.807, 2.05) is 43.1 Å². The van der Waals surface area contributed by atoms with E-state index in [9.17, 15) is 4.79 Å². The van der Waals surface area contributed by atoms with Crippen molar-refractivity contribution >= 4 is 5.91 Å². The number of hydrogen-bond acceptors (Lipinski definition) is 3. The number of carbonyl (C=O) groups excluding carboxylic acids is 1. The lowest BCUT2D eigenvalue weighted by Gasteiger charge is -2.38. The number of hydrogen-bond donors (Lipinski definition) is 0. The quantitative estimate of drug-likeness (QED) is 0.749. The monoisotopic (exact) mass is 368 g/mol. The first-order valence-corrected chi connectivity index (χ1v) is 10.2. The second-order valence-electron chi connectivity index (χ2n) is 7.64. The molecule has 1 aliphatic heterocycles. The van der Waals surface area contributed by atoms with Crippen molar-refractivity contribution < 1.29 is 4.79 Å². The van der Waals surface area contributed by atoms with Crippen LogP contribution in [0.4, 0.5) is 0 Å². The summed E-state index contributed by atoms with van der Waals surface area (Å²) < 4.78 is 1.78. The van der Waals surface area contributed by atoms with Crippen molar-refractivity contribution in [2.24, 2.45) is 7.05 Å². The van der Waals surface area contributed by atoms with Crippen molar-refractivity contribution in [2.45, 2.75) is 52.1 Å². The maximum absolute atomic E-state index is 13.3. The first-order valence-electron chi connectivity index (χ1n) is 10.2. The molecule has 0 N–H and O–H groups in total. The van der Waals surface area contributed by atoms with Crippen LogP contribution in [-0.2, 0) is 13.6 Å². The van der Waals surface area contributed by atoms with Gasteiger partial charge in [0.1, 0.15) is 0 Å². The van der Waals surface area contributed by atoms with Crippen LogP contribution in [0, 0.1) is 6.92 Å². The van der Waals surface area contributed by atoms with Gasteiger partial charge >= 0.3 is 0 Å². The molecule has 0 saturated carbocycles. The fourth-order valence-electron chi connectivity index (χ4n) is 3.80. The summed E-state index contributed by atoms with van der Waals surface area (Å²) in [7, 11) is 1.89. The van der Waals surface area contributed by atoms with Crippen LogP contribution < -0.4 is 0 Å². The lowest BCUT2D eigenvalue weighted by atomic mass is 10.0. The summed E-state index contributed by atoms with van der Waals surface area (Å²) in [5.74, 6) is 0.0505. The number of aromatic nitrogens is 2. The number of carbonyl (C=O) groups is 1. The van der Waals surface area contributed by atoms with Gasteiger partial charge in [-0.25, -0.2) is 0 Å². The largest absolute Gasteiger partial charge is 0.330 e. The summed E-state index contributed by atoms with van der Waals surface area (Å²) in [5.41, 5.74) is 2.73. The Labute approximate surface area is 163 Å². The zero-order chi connectivity index (χ0) is 19.2. The van der Waals surface area contributed by atoms with Gasteiger partial charge in [-0.3, -0.25) is 9.48 Å². The van der Waals surface area contributed by atoms with Crippen LogP contribution in [0.3, 0.4) is 0 Å². The molecule has 1 aliphatic rings. The highest BCUT2D eigenvalue weighted by Crippen LogP contribution is 2.22. The molecule has 0 spiro atoms. The molecule has 1 amide bonds. The van der Waals surface area contributed by atoms with Crippen LogP contribution >= 0.6 is 0 Å². The smallest absolute Gasteiger partial charge is 0.274 e. The third-order valence-corrected chi connectivity index (χ3v) is 5.62. The molecule has 0 radical (unpaired) electrons. The van der Waals surface area contributed by atoms with Gasteiger partial charge in [0.05, 0.1) is 0 Å². The molecule has 3 rings (SSSR count). The number of nitrogens with zero attached hydrogens (tertiary/aromatic N) is 4. The Morgan fingerprint density at radius 1 is 1.22 bits per heavy atom. The van der Waals surface area contributed by atoms with Gasteiger partial charge in [-0.2, -0.15) is 5.10 Å². The van der Waals surface area contributed by atoms with Crippen LogP contribution in [0.1, 0.15) is 54.4 Å². The standard InChI is InChI=1S/C22H32N4O/c1-4-5-13-25-14-11-20(12-15-25)26(17-19-9-7-6-8-10-19)22(27)21-16-18(2)24(3)23-21/h6-10,16,20H,4-5,11-15,17H2,1-3H3. The van der Waals surface area contributed by atoms with Crippen molar-refractivity contribution in [3.63, 3.8) is 0 Å².